The highest BCUT2D eigenvalue weighted by atomic mass is 35.5. The highest BCUT2D eigenvalue weighted by Gasteiger charge is 2.17. The number of anilines is 2. The molecule has 0 unspecified atom stereocenters. The molecule has 3 aromatic rings. The molecule has 0 atom stereocenters. The van der Waals surface area contributed by atoms with E-state index < -0.39 is 11.7 Å². The number of amides is 2. The minimum Gasteiger partial charge on any atom is -0.444 e. The van der Waals surface area contributed by atoms with Gasteiger partial charge in [0.05, 0.1) is 16.3 Å². The Morgan fingerprint density at radius 1 is 1.03 bits per heavy atom. The van der Waals surface area contributed by atoms with Crippen LogP contribution in [0.15, 0.2) is 54.6 Å². The number of aryl methyl sites for hydroxylation is 1. The van der Waals surface area contributed by atoms with Crippen molar-refractivity contribution in [2.24, 2.45) is 7.05 Å². The third-order valence-corrected chi connectivity index (χ3v) is 4.40. The molecule has 7 nitrogen and oxygen atoms in total. The van der Waals surface area contributed by atoms with E-state index in [1.807, 2.05) is 12.1 Å². The van der Waals surface area contributed by atoms with Crippen molar-refractivity contribution in [2.45, 2.75) is 26.4 Å². The highest BCUT2D eigenvalue weighted by molar-refractivity contribution is 6.34. The van der Waals surface area contributed by atoms with Crippen molar-refractivity contribution in [1.29, 1.82) is 0 Å². The number of hydrogen-bond acceptors (Lipinski definition) is 4. The van der Waals surface area contributed by atoms with E-state index in [0.717, 1.165) is 5.56 Å². The Balaban J connectivity index is 1.71. The molecule has 0 saturated carbocycles. The normalized spacial score (nSPS) is 11.1. The largest absolute Gasteiger partial charge is 0.444 e. The zero-order valence-electron chi connectivity index (χ0n) is 17.2. The summed E-state index contributed by atoms with van der Waals surface area (Å²) in [6.45, 7) is 5.41. The van der Waals surface area contributed by atoms with Gasteiger partial charge in [0.1, 0.15) is 11.4 Å². The molecule has 0 radical (unpaired) electrons. The molecule has 156 valence electrons. The van der Waals surface area contributed by atoms with Crippen molar-refractivity contribution >= 4 is 35.1 Å². The number of carbonyl (C=O) groups is 2. The highest BCUT2D eigenvalue weighted by Crippen LogP contribution is 2.24. The lowest BCUT2D eigenvalue weighted by atomic mass is 10.1. The standard InChI is InChI=1S/C22H23ClN4O3/c1-22(2,3)30-21(29)24-15-11-9-14(10-12-15)18-13-19(27(4)26-18)25-20(28)16-7-5-6-8-17(16)23/h5-13H,1-4H3,(H,24,29)(H,25,28). The van der Waals surface area contributed by atoms with Gasteiger partial charge >= 0.3 is 6.09 Å². The van der Waals surface area contributed by atoms with Gasteiger partial charge in [0.25, 0.3) is 5.91 Å². The van der Waals surface area contributed by atoms with Crippen molar-refractivity contribution in [3.63, 3.8) is 0 Å². The average Bonchev–Trinajstić information content (AvgIpc) is 3.01. The molecule has 0 aliphatic rings. The summed E-state index contributed by atoms with van der Waals surface area (Å²) in [6, 6.07) is 15.8. The molecule has 2 aromatic carbocycles. The maximum Gasteiger partial charge on any atom is 0.412 e. The van der Waals surface area contributed by atoms with Crippen molar-refractivity contribution in [3.05, 3.63) is 65.2 Å². The number of ether oxygens (including phenoxy) is 1. The second-order valence-corrected chi connectivity index (χ2v) is 8.08. The van der Waals surface area contributed by atoms with Crippen molar-refractivity contribution in [2.75, 3.05) is 10.6 Å². The zero-order valence-corrected chi connectivity index (χ0v) is 17.9. The molecule has 1 aromatic heterocycles. The Bertz CT molecular complexity index is 1070. The fourth-order valence-corrected chi connectivity index (χ4v) is 2.92. The minimum atomic E-state index is -0.567. The van der Waals surface area contributed by atoms with Crippen molar-refractivity contribution < 1.29 is 14.3 Å². The molecule has 0 aliphatic heterocycles. The van der Waals surface area contributed by atoms with E-state index in [9.17, 15) is 9.59 Å². The van der Waals surface area contributed by atoms with Gasteiger partial charge in [-0.2, -0.15) is 5.10 Å². The summed E-state index contributed by atoms with van der Waals surface area (Å²) in [4.78, 5) is 24.4. The summed E-state index contributed by atoms with van der Waals surface area (Å²) < 4.78 is 6.82. The van der Waals surface area contributed by atoms with E-state index in [1.54, 1.807) is 75.0 Å². The van der Waals surface area contributed by atoms with Gasteiger partial charge < -0.3 is 10.1 Å². The van der Waals surface area contributed by atoms with Gasteiger partial charge in [0.15, 0.2) is 0 Å². The second kappa shape index (κ2) is 8.59. The van der Waals surface area contributed by atoms with Crippen LogP contribution >= 0.6 is 11.6 Å². The molecule has 0 spiro atoms. The fourth-order valence-electron chi connectivity index (χ4n) is 2.70. The van der Waals surface area contributed by atoms with E-state index in [2.05, 4.69) is 15.7 Å². The van der Waals surface area contributed by atoms with Crippen LogP contribution in [-0.4, -0.2) is 27.4 Å². The van der Waals surface area contributed by atoms with Gasteiger partial charge in [0.2, 0.25) is 0 Å². The third-order valence-electron chi connectivity index (χ3n) is 4.07. The smallest absolute Gasteiger partial charge is 0.412 e. The number of benzene rings is 2. The molecule has 2 amide bonds. The van der Waals surface area contributed by atoms with Crippen LogP contribution in [0.25, 0.3) is 11.3 Å². The molecule has 0 bridgehead atoms. The number of nitrogens with one attached hydrogen (secondary N) is 2. The topological polar surface area (TPSA) is 85.2 Å². The summed E-state index contributed by atoms with van der Waals surface area (Å²) >= 11 is 6.09. The summed E-state index contributed by atoms with van der Waals surface area (Å²) in [5.74, 6) is 0.220. The molecule has 8 heteroatoms. The number of aromatic nitrogens is 2. The van der Waals surface area contributed by atoms with Crippen LogP contribution in [0.2, 0.25) is 5.02 Å². The third kappa shape index (κ3) is 5.39. The van der Waals surface area contributed by atoms with Gasteiger partial charge in [0, 0.05) is 24.4 Å². The Kier molecular flexibility index (Phi) is 6.12. The first-order chi connectivity index (χ1) is 14.1. The monoisotopic (exact) mass is 426 g/mol. The summed E-state index contributed by atoms with van der Waals surface area (Å²) in [5, 5.41) is 10.3. The van der Waals surface area contributed by atoms with Crippen LogP contribution in [-0.2, 0) is 11.8 Å². The maximum absolute atomic E-state index is 12.5. The Morgan fingerprint density at radius 3 is 2.33 bits per heavy atom. The lowest BCUT2D eigenvalue weighted by Gasteiger charge is -2.19. The zero-order chi connectivity index (χ0) is 21.9. The van der Waals surface area contributed by atoms with E-state index in [0.29, 0.717) is 27.8 Å². The van der Waals surface area contributed by atoms with Crippen LogP contribution in [0.4, 0.5) is 16.3 Å². The van der Waals surface area contributed by atoms with E-state index in [1.165, 1.54) is 0 Å². The number of halogens is 1. The predicted molar refractivity (Wildman–Crippen MR) is 118 cm³/mol. The molecule has 0 aliphatic carbocycles. The molecule has 1 heterocycles. The lowest BCUT2D eigenvalue weighted by molar-refractivity contribution is 0.0635. The number of carbonyl (C=O) groups excluding carboxylic acids is 2. The van der Waals surface area contributed by atoms with E-state index in [4.69, 9.17) is 16.3 Å². The first kappa shape index (κ1) is 21.4. The second-order valence-electron chi connectivity index (χ2n) is 7.68. The molecular weight excluding hydrogens is 404 g/mol. The number of nitrogens with zero attached hydrogens (tertiary/aromatic N) is 2. The number of hydrogen-bond donors (Lipinski definition) is 2. The average molecular weight is 427 g/mol. The van der Waals surface area contributed by atoms with Gasteiger partial charge in [-0.15, -0.1) is 0 Å². The lowest BCUT2D eigenvalue weighted by Crippen LogP contribution is -2.27. The molecule has 0 saturated heterocycles. The van der Waals surface area contributed by atoms with Crippen LogP contribution in [0.3, 0.4) is 0 Å². The van der Waals surface area contributed by atoms with Crippen molar-refractivity contribution in [1.82, 2.24) is 9.78 Å². The predicted octanol–water partition coefficient (Wildman–Crippen LogP) is 5.34. The molecule has 3 rings (SSSR count). The molecule has 30 heavy (non-hydrogen) atoms. The summed E-state index contributed by atoms with van der Waals surface area (Å²) in [7, 11) is 1.74. The summed E-state index contributed by atoms with van der Waals surface area (Å²) in [6.07, 6.45) is -0.516. The first-order valence-corrected chi connectivity index (χ1v) is 9.70. The van der Waals surface area contributed by atoms with Gasteiger partial charge in [-0.1, -0.05) is 35.9 Å². The van der Waals surface area contributed by atoms with Crippen LogP contribution < -0.4 is 10.6 Å². The van der Waals surface area contributed by atoms with Crippen LogP contribution in [0, 0.1) is 0 Å². The SMILES string of the molecule is Cn1nc(-c2ccc(NC(=O)OC(C)(C)C)cc2)cc1NC(=O)c1ccccc1Cl. The van der Waals surface area contributed by atoms with Gasteiger partial charge in [-0.25, -0.2) is 4.79 Å². The minimum absolute atomic E-state index is 0.313. The summed E-state index contributed by atoms with van der Waals surface area (Å²) in [5.41, 5.74) is 1.94. The Labute approximate surface area is 180 Å². The maximum atomic E-state index is 12.5. The first-order valence-electron chi connectivity index (χ1n) is 9.33. The van der Waals surface area contributed by atoms with Crippen LogP contribution in [0.1, 0.15) is 31.1 Å². The molecular formula is C22H23ClN4O3. The van der Waals surface area contributed by atoms with Gasteiger partial charge in [-0.3, -0.25) is 14.8 Å². The van der Waals surface area contributed by atoms with E-state index in [-0.39, 0.29) is 5.91 Å². The van der Waals surface area contributed by atoms with Crippen molar-refractivity contribution in [3.8, 4) is 11.3 Å². The quantitative estimate of drug-likeness (QED) is 0.589. The fraction of sp³-hybridized carbons (Fsp3) is 0.227. The Hall–Kier alpha value is -3.32. The Morgan fingerprint density at radius 2 is 1.70 bits per heavy atom. The van der Waals surface area contributed by atoms with Gasteiger partial charge in [-0.05, 0) is 45.0 Å². The molecule has 2 N–H and O–H groups in total. The van der Waals surface area contributed by atoms with E-state index >= 15 is 0 Å². The van der Waals surface area contributed by atoms with Crippen LogP contribution in [0.5, 0.6) is 0 Å². The number of rotatable bonds is 4. The molecule has 0 fully saturated rings.